The predicted octanol–water partition coefficient (Wildman–Crippen LogP) is 3.81. The standard InChI is InChI=1S/C16H29NO/c1-14(2)17-13-7-3-4-8-15-9-12-16(18-15)10-5-6-11-16/h3-4,14-15,17H,5-13H2,1-2H3/b4-3+. The van der Waals surface area contributed by atoms with Crippen molar-refractivity contribution in [3.63, 3.8) is 0 Å². The van der Waals surface area contributed by atoms with Gasteiger partial charge in [-0.2, -0.15) is 0 Å². The minimum absolute atomic E-state index is 0.303. The van der Waals surface area contributed by atoms with E-state index in [-0.39, 0.29) is 0 Å². The van der Waals surface area contributed by atoms with Crippen LogP contribution in [0.15, 0.2) is 12.2 Å². The Labute approximate surface area is 112 Å². The van der Waals surface area contributed by atoms with Gasteiger partial charge in [0.15, 0.2) is 0 Å². The molecule has 1 aliphatic carbocycles. The van der Waals surface area contributed by atoms with Crippen molar-refractivity contribution in [2.45, 2.75) is 83.0 Å². The Morgan fingerprint density at radius 2 is 2.00 bits per heavy atom. The Kier molecular flexibility index (Phi) is 5.25. The molecule has 0 amide bonds. The van der Waals surface area contributed by atoms with Crippen LogP contribution in [0.25, 0.3) is 0 Å². The fourth-order valence-corrected chi connectivity index (χ4v) is 3.27. The van der Waals surface area contributed by atoms with Crippen LogP contribution < -0.4 is 5.32 Å². The summed E-state index contributed by atoms with van der Waals surface area (Å²) in [5.74, 6) is 0. The molecule has 104 valence electrons. The van der Waals surface area contributed by atoms with E-state index in [1.54, 1.807) is 0 Å². The monoisotopic (exact) mass is 251 g/mol. The van der Waals surface area contributed by atoms with Crippen molar-refractivity contribution < 1.29 is 4.74 Å². The molecule has 0 radical (unpaired) electrons. The van der Waals surface area contributed by atoms with Gasteiger partial charge in [-0.1, -0.05) is 38.8 Å². The largest absolute Gasteiger partial charge is 0.371 e. The van der Waals surface area contributed by atoms with Crippen LogP contribution in [0.1, 0.15) is 65.2 Å². The highest BCUT2D eigenvalue weighted by molar-refractivity contribution is 4.95. The van der Waals surface area contributed by atoms with E-state index in [1.165, 1.54) is 38.5 Å². The fraction of sp³-hybridized carbons (Fsp3) is 0.875. The zero-order valence-corrected chi connectivity index (χ0v) is 12.1. The second kappa shape index (κ2) is 6.72. The summed E-state index contributed by atoms with van der Waals surface area (Å²) < 4.78 is 6.29. The van der Waals surface area contributed by atoms with Gasteiger partial charge in [0.05, 0.1) is 11.7 Å². The maximum absolute atomic E-state index is 6.29. The van der Waals surface area contributed by atoms with E-state index in [1.807, 2.05) is 0 Å². The number of nitrogens with one attached hydrogen (secondary N) is 1. The van der Waals surface area contributed by atoms with E-state index in [2.05, 4.69) is 31.3 Å². The molecule has 1 atom stereocenters. The first kappa shape index (κ1) is 14.1. The third-order valence-electron chi connectivity index (χ3n) is 4.28. The Morgan fingerprint density at radius 1 is 1.22 bits per heavy atom. The van der Waals surface area contributed by atoms with Gasteiger partial charge < -0.3 is 10.1 Å². The first-order chi connectivity index (χ1) is 8.70. The average molecular weight is 251 g/mol. The van der Waals surface area contributed by atoms with Crippen LogP contribution in [0.3, 0.4) is 0 Å². The molecule has 2 aliphatic rings. The summed E-state index contributed by atoms with van der Waals surface area (Å²) in [5.41, 5.74) is 0.303. The molecule has 2 rings (SSSR count). The Morgan fingerprint density at radius 3 is 2.72 bits per heavy atom. The van der Waals surface area contributed by atoms with Gasteiger partial charge in [-0.25, -0.2) is 0 Å². The van der Waals surface area contributed by atoms with Crippen molar-refractivity contribution in [2.75, 3.05) is 6.54 Å². The second-order valence-electron chi connectivity index (χ2n) is 6.27. The summed E-state index contributed by atoms with van der Waals surface area (Å²) in [7, 11) is 0. The lowest BCUT2D eigenvalue weighted by Gasteiger charge is -2.23. The van der Waals surface area contributed by atoms with Crippen LogP contribution in [0, 0.1) is 0 Å². The van der Waals surface area contributed by atoms with Gasteiger partial charge in [-0.05, 0) is 45.1 Å². The molecule has 0 aromatic rings. The SMILES string of the molecule is CC(C)NCC/C=C/CC1CCC2(CCCC2)O1. The Bertz CT molecular complexity index is 266. The first-order valence-electron chi connectivity index (χ1n) is 7.76. The fourth-order valence-electron chi connectivity index (χ4n) is 3.27. The summed E-state index contributed by atoms with van der Waals surface area (Å²) >= 11 is 0. The van der Waals surface area contributed by atoms with Gasteiger partial charge in [0.2, 0.25) is 0 Å². The molecule has 0 bridgehead atoms. The maximum atomic E-state index is 6.29. The third kappa shape index (κ3) is 4.10. The van der Waals surface area contributed by atoms with Gasteiger partial charge in [-0.15, -0.1) is 0 Å². The zero-order valence-electron chi connectivity index (χ0n) is 12.1. The maximum Gasteiger partial charge on any atom is 0.0687 e. The summed E-state index contributed by atoms with van der Waals surface area (Å²) in [5, 5.41) is 3.43. The van der Waals surface area contributed by atoms with Crippen LogP contribution in [-0.2, 0) is 4.74 Å². The van der Waals surface area contributed by atoms with E-state index in [0.717, 1.165) is 19.4 Å². The number of rotatable bonds is 6. The lowest BCUT2D eigenvalue weighted by molar-refractivity contribution is -0.0345. The van der Waals surface area contributed by atoms with Gasteiger partial charge in [0, 0.05) is 6.04 Å². The summed E-state index contributed by atoms with van der Waals surface area (Å²) in [4.78, 5) is 0. The lowest BCUT2D eigenvalue weighted by atomic mass is 9.98. The van der Waals surface area contributed by atoms with Crippen LogP contribution in [0.4, 0.5) is 0 Å². The number of ether oxygens (including phenoxy) is 1. The molecule has 1 N–H and O–H groups in total. The van der Waals surface area contributed by atoms with E-state index < -0.39 is 0 Å². The molecule has 1 saturated carbocycles. The van der Waals surface area contributed by atoms with E-state index >= 15 is 0 Å². The predicted molar refractivity (Wildman–Crippen MR) is 76.8 cm³/mol. The van der Waals surface area contributed by atoms with Gasteiger partial charge in [0.25, 0.3) is 0 Å². The Balaban J connectivity index is 1.59. The molecule has 1 spiro atoms. The van der Waals surface area contributed by atoms with Crippen LogP contribution in [0.5, 0.6) is 0 Å². The zero-order chi connectivity index (χ0) is 12.8. The van der Waals surface area contributed by atoms with Gasteiger partial charge in [-0.3, -0.25) is 0 Å². The highest BCUT2D eigenvalue weighted by Gasteiger charge is 2.41. The average Bonchev–Trinajstić information content (AvgIpc) is 2.95. The molecule has 0 aromatic carbocycles. The quantitative estimate of drug-likeness (QED) is 0.572. The lowest BCUT2D eigenvalue weighted by Crippen LogP contribution is -2.24. The highest BCUT2D eigenvalue weighted by atomic mass is 16.5. The van der Waals surface area contributed by atoms with Crippen LogP contribution >= 0.6 is 0 Å². The molecular weight excluding hydrogens is 222 g/mol. The summed E-state index contributed by atoms with van der Waals surface area (Å²) in [6.45, 7) is 5.47. The molecule has 1 heterocycles. The molecule has 2 nitrogen and oxygen atoms in total. The van der Waals surface area contributed by atoms with Crippen molar-refractivity contribution in [1.29, 1.82) is 0 Å². The van der Waals surface area contributed by atoms with Crippen LogP contribution in [-0.4, -0.2) is 24.3 Å². The molecule has 18 heavy (non-hydrogen) atoms. The molecule has 2 heteroatoms. The summed E-state index contributed by atoms with van der Waals surface area (Å²) in [6, 6.07) is 0.596. The number of hydrogen-bond acceptors (Lipinski definition) is 2. The molecule has 1 aliphatic heterocycles. The first-order valence-corrected chi connectivity index (χ1v) is 7.76. The van der Waals surface area contributed by atoms with E-state index in [4.69, 9.17) is 4.74 Å². The molecular formula is C16H29NO. The Hall–Kier alpha value is -0.340. The summed E-state index contributed by atoms with van der Waals surface area (Å²) in [6.07, 6.45) is 15.3. The highest BCUT2D eigenvalue weighted by Crippen LogP contribution is 2.43. The minimum Gasteiger partial charge on any atom is -0.371 e. The van der Waals surface area contributed by atoms with E-state index in [9.17, 15) is 0 Å². The second-order valence-corrected chi connectivity index (χ2v) is 6.27. The smallest absolute Gasteiger partial charge is 0.0687 e. The minimum atomic E-state index is 0.303. The third-order valence-corrected chi connectivity index (χ3v) is 4.28. The van der Waals surface area contributed by atoms with Gasteiger partial charge >= 0.3 is 0 Å². The van der Waals surface area contributed by atoms with E-state index in [0.29, 0.717) is 17.7 Å². The molecule has 1 saturated heterocycles. The van der Waals surface area contributed by atoms with Crippen molar-refractivity contribution in [2.24, 2.45) is 0 Å². The van der Waals surface area contributed by atoms with Crippen molar-refractivity contribution in [3.05, 3.63) is 12.2 Å². The van der Waals surface area contributed by atoms with Gasteiger partial charge in [0.1, 0.15) is 0 Å². The van der Waals surface area contributed by atoms with Crippen molar-refractivity contribution in [3.8, 4) is 0 Å². The topological polar surface area (TPSA) is 21.3 Å². The molecule has 0 aromatic heterocycles. The molecule has 2 fully saturated rings. The van der Waals surface area contributed by atoms with Crippen LogP contribution in [0.2, 0.25) is 0 Å². The molecule has 1 unspecified atom stereocenters. The number of hydrogen-bond donors (Lipinski definition) is 1. The normalized spacial score (nSPS) is 26.9. The van der Waals surface area contributed by atoms with Crippen molar-refractivity contribution >= 4 is 0 Å². The van der Waals surface area contributed by atoms with Crippen molar-refractivity contribution in [1.82, 2.24) is 5.32 Å².